The summed E-state index contributed by atoms with van der Waals surface area (Å²) in [6.07, 6.45) is -0.439. The van der Waals surface area contributed by atoms with Crippen LogP contribution in [0.5, 0.6) is 0 Å². The topological polar surface area (TPSA) is 127 Å². The molecule has 0 saturated heterocycles. The molecule has 1 rings (SSSR count). The van der Waals surface area contributed by atoms with Gasteiger partial charge in [-0.25, -0.2) is 13.1 Å². The number of carboxylic acids is 1. The van der Waals surface area contributed by atoms with Crippen LogP contribution < -0.4 is 10.5 Å². The molecule has 19 heavy (non-hydrogen) atoms. The Balaban J connectivity index is 2.68. The number of hydrogen-bond donors (Lipinski definition) is 3. The highest BCUT2D eigenvalue weighted by atomic mass is 32.2. The Morgan fingerprint density at radius 1 is 1.26 bits per heavy atom. The van der Waals surface area contributed by atoms with Crippen molar-refractivity contribution in [2.75, 3.05) is 0 Å². The SMILES string of the molecule is NC(CCC(=O)O)C(=O)NS(=O)(=O)c1ccccc1. The zero-order valence-corrected chi connectivity index (χ0v) is 10.8. The van der Waals surface area contributed by atoms with Crippen LogP contribution in [0, 0.1) is 0 Å². The van der Waals surface area contributed by atoms with Gasteiger partial charge < -0.3 is 10.8 Å². The number of hydrogen-bond acceptors (Lipinski definition) is 5. The van der Waals surface area contributed by atoms with Crippen LogP contribution in [-0.2, 0) is 19.6 Å². The minimum Gasteiger partial charge on any atom is -0.481 e. The highest BCUT2D eigenvalue weighted by molar-refractivity contribution is 7.90. The highest BCUT2D eigenvalue weighted by Crippen LogP contribution is 2.07. The Morgan fingerprint density at radius 2 is 1.84 bits per heavy atom. The average Bonchev–Trinajstić information content (AvgIpc) is 2.36. The van der Waals surface area contributed by atoms with Crippen molar-refractivity contribution >= 4 is 21.9 Å². The predicted octanol–water partition coefficient (Wildman–Crippen LogP) is -0.316. The summed E-state index contributed by atoms with van der Waals surface area (Å²) < 4.78 is 25.4. The molecule has 0 bridgehead atoms. The number of nitrogens with one attached hydrogen (secondary N) is 1. The van der Waals surface area contributed by atoms with E-state index in [1.165, 1.54) is 24.3 Å². The van der Waals surface area contributed by atoms with Crippen molar-refractivity contribution in [1.82, 2.24) is 4.72 Å². The lowest BCUT2D eigenvalue weighted by Gasteiger charge is -2.11. The maximum absolute atomic E-state index is 11.8. The Bertz CT molecular complexity index is 556. The summed E-state index contributed by atoms with van der Waals surface area (Å²) in [6.45, 7) is 0. The monoisotopic (exact) mass is 286 g/mol. The largest absolute Gasteiger partial charge is 0.481 e. The molecule has 0 aliphatic rings. The summed E-state index contributed by atoms with van der Waals surface area (Å²) in [6, 6.07) is 6.15. The fraction of sp³-hybridized carbons (Fsp3) is 0.273. The molecular weight excluding hydrogens is 272 g/mol. The van der Waals surface area contributed by atoms with E-state index in [9.17, 15) is 18.0 Å². The molecule has 0 fully saturated rings. The molecule has 0 aromatic heterocycles. The Labute approximate surface area is 110 Å². The van der Waals surface area contributed by atoms with Crippen molar-refractivity contribution in [2.24, 2.45) is 5.73 Å². The van der Waals surface area contributed by atoms with E-state index < -0.39 is 27.9 Å². The summed E-state index contributed by atoms with van der Waals surface area (Å²) >= 11 is 0. The summed E-state index contributed by atoms with van der Waals surface area (Å²) in [4.78, 5) is 21.8. The van der Waals surface area contributed by atoms with E-state index >= 15 is 0 Å². The molecule has 0 radical (unpaired) electrons. The van der Waals surface area contributed by atoms with Crippen molar-refractivity contribution in [3.63, 3.8) is 0 Å². The van der Waals surface area contributed by atoms with Crippen LogP contribution >= 0.6 is 0 Å². The zero-order valence-electron chi connectivity index (χ0n) is 9.94. The van der Waals surface area contributed by atoms with E-state index in [-0.39, 0.29) is 17.7 Å². The molecule has 1 unspecified atom stereocenters. The number of aliphatic carboxylic acids is 1. The summed E-state index contributed by atoms with van der Waals surface area (Å²) in [5.41, 5.74) is 5.41. The van der Waals surface area contributed by atoms with Crippen LogP contribution in [0.3, 0.4) is 0 Å². The molecule has 0 aliphatic carbocycles. The second-order valence-corrected chi connectivity index (χ2v) is 5.50. The minimum atomic E-state index is -3.97. The normalized spacial score (nSPS) is 12.7. The van der Waals surface area contributed by atoms with Crippen LogP contribution in [0.1, 0.15) is 12.8 Å². The third kappa shape index (κ3) is 4.68. The number of rotatable bonds is 6. The van der Waals surface area contributed by atoms with Gasteiger partial charge in [0.15, 0.2) is 0 Å². The quantitative estimate of drug-likeness (QED) is 0.658. The molecule has 0 heterocycles. The fourth-order valence-electron chi connectivity index (χ4n) is 1.28. The van der Waals surface area contributed by atoms with Crippen molar-refractivity contribution in [2.45, 2.75) is 23.8 Å². The fourth-order valence-corrected chi connectivity index (χ4v) is 2.33. The second-order valence-electron chi connectivity index (χ2n) is 3.82. The van der Waals surface area contributed by atoms with Gasteiger partial charge in [-0.05, 0) is 18.6 Å². The first-order valence-corrected chi connectivity index (χ1v) is 6.90. The van der Waals surface area contributed by atoms with Gasteiger partial charge in [-0.1, -0.05) is 18.2 Å². The first-order valence-electron chi connectivity index (χ1n) is 5.42. The molecule has 1 amide bonds. The zero-order chi connectivity index (χ0) is 14.5. The maximum Gasteiger partial charge on any atom is 0.303 e. The molecule has 4 N–H and O–H groups in total. The highest BCUT2D eigenvalue weighted by Gasteiger charge is 2.22. The smallest absolute Gasteiger partial charge is 0.303 e. The number of nitrogens with two attached hydrogens (primary N) is 1. The number of sulfonamides is 1. The lowest BCUT2D eigenvalue weighted by atomic mass is 10.1. The van der Waals surface area contributed by atoms with Crippen LogP contribution in [-0.4, -0.2) is 31.4 Å². The van der Waals surface area contributed by atoms with Gasteiger partial charge in [0.2, 0.25) is 0 Å². The second kappa shape index (κ2) is 6.30. The first-order chi connectivity index (χ1) is 8.83. The van der Waals surface area contributed by atoms with E-state index in [1.54, 1.807) is 6.07 Å². The van der Waals surface area contributed by atoms with E-state index in [0.29, 0.717) is 0 Å². The average molecular weight is 286 g/mol. The third-order valence-corrected chi connectivity index (χ3v) is 3.66. The van der Waals surface area contributed by atoms with Gasteiger partial charge in [-0.2, -0.15) is 0 Å². The van der Waals surface area contributed by atoms with Crippen molar-refractivity contribution < 1.29 is 23.1 Å². The number of carbonyl (C=O) groups excluding carboxylic acids is 1. The molecular formula is C11H14N2O5S. The molecule has 1 atom stereocenters. The molecule has 104 valence electrons. The van der Waals surface area contributed by atoms with Crippen LogP contribution in [0.25, 0.3) is 0 Å². The number of carbonyl (C=O) groups is 2. The van der Waals surface area contributed by atoms with Gasteiger partial charge in [0, 0.05) is 6.42 Å². The lowest BCUT2D eigenvalue weighted by molar-refractivity contribution is -0.137. The molecule has 1 aromatic carbocycles. The lowest BCUT2D eigenvalue weighted by Crippen LogP contribution is -2.43. The molecule has 0 aliphatic heterocycles. The molecule has 7 nitrogen and oxygen atoms in total. The molecule has 1 aromatic rings. The van der Waals surface area contributed by atoms with Gasteiger partial charge >= 0.3 is 5.97 Å². The van der Waals surface area contributed by atoms with Gasteiger partial charge in [0.1, 0.15) is 0 Å². The third-order valence-electron chi connectivity index (χ3n) is 2.29. The summed E-state index contributed by atoms with van der Waals surface area (Å²) in [7, 11) is -3.97. The van der Waals surface area contributed by atoms with E-state index in [4.69, 9.17) is 10.8 Å². The predicted molar refractivity (Wildman–Crippen MR) is 66.6 cm³/mol. The van der Waals surface area contributed by atoms with E-state index in [0.717, 1.165) is 0 Å². The summed E-state index contributed by atoms with van der Waals surface area (Å²) in [5, 5.41) is 8.45. The number of benzene rings is 1. The Hall–Kier alpha value is -1.93. The Morgan fingerprint density at radius 3 is 2.37 bits per heavy atom. The summed E-state index contributed by atoms with van der Waals surface area (Å²) in [5.74, 6) is -2.03. The van der Waals surface area contributed by atoms with Crippen molar-refractivity contribution in [3.8, 4) is 0 Å². The van der Waals surface area contributed by atoms with Crippen LogP contribution in [0.2, 0.25) is 0 Å². The van der Waals surface area contributed by atoms with Crippen LogP contribution in [0.15, 0.2) is 35.2 Å². The molecule has 0 saturated carbocycles. The van der Waals surface area contributed by atoms with Crippen molar-refractivity contribution in [1.29, 1.82) is 0 Å². The van der Waals surface area contributed by atoms with Crippen molar-refractivity contribution in [3.05, 3.63) is 30.3 Å². The van der Waals surface area contributed by atoms with Gasteiger partial charge in [-0.3, -0.25) is 9.59 Å². The van der Waals surface area contributed by atoms with E-state index in [1.807, 2.05) is 4.72 Å². The van der Waals surface area contributed by atoms with E-state index in [2.05, 4.69) is 0 Å². The molecule has 8 heteroatoms. The first kappa shape index (κ1) is 15.1. The van der Waals surface area contributed by atoms with Gasteiger partial charge in [-0.15, -0.1) is 0 Å². The maximum atomic E-state index is 11.8. The van der Waals surface area contributed by atoms with Gasteiger partial charge in [0.25, 0.3) is 15.9 Å². The Kier molecular flexibility index (Phi) is 5.02. The van der Waals surface area contributed by atoms with Gasteiger partial charge in [0.05, 0.1) is 10.9 Å². The molecule has 0 spiro atoms. The standard InChI is InChI=1S/C11H14N2O5S/c12-9(6-7-10(14)15)11(16)13-19(17,18)8-4-2-1-3-5-8/h1-5,9H,6-7,12H2,(H,13,16)(H,14,15). The number of amides is 1. The minimum absolute atomic E-state index is 0.0613. The van der Waals surface area contributed by atoms with Crippen LogP contribution in [0.4, 0.5) is 0 Å². The number of carboxylic acid groups (broad SMARTS) is 1.